The number of carbonyl (C=O) groups is 1. The van der Waals surface area contributed by atoms with Crippen molar-refractivity contribution in [2.45, 2.75) is 6.54 Å². The van der Waals surface area contributed by atoms with E-state index in [9.17, 15) is 14.4 Å². The number of benzene rings is 1. The van der Waals surface area contributed by atoms with Crippen LogP contribution >= 0.6 is 11.6 Å². The van der Waals surface area contributed by atoms with Crippen molar-refractivity contribution in [3.05, 3.63) is 79.8 Å². The van der Waals surface area contributed by atoms with Gasteiger partial charge in [0.25, 0.3) is 11.5 Å². The molecule has 0 spiro atoms. The van der Waals surface area contributed by atoms with E-state index in [4.69, 9.17) is 21.0 Å². The molecule has 0 saturated carbocycles. The number of anilines is 1. The highest BCUT2D eigenvalue weighted by molar-refractivity contribution is 6.30. The van der Waals surface area contributed by atoms with Crippen molar-refractivity contribution in [1.82, 2.24) is 23.6 Å². The van der Waals surface area contributed by atoms with Crippen LogP contribution in [0.2, 0.25) is 5.02 Å². The number of furan rings is 1. The summed E-state index contributed by atoms with van der Waals surface area (Å²) >= 11 is 6.04. The van der Waals surface area contributed by atoms with Gasteiger partial charge >= 0.3 is 5.69 Å². The second-order valence-corrected chi connectivity index (χ2v) is 8.70. The molecule has 10 nitrogen and oxygen atoms in total. The number of aryl methyl sites for hydroxylation is 1. The molecule has 4 aromatic rings. The Kier molecular flexibility index (Phi) is 5.52. The summed E-state index contributed by atoms with van der Waals surface area (Å²) in [5.41, 5.74) is 0.772. The topological polar surface area (TPSA) is 98.5 Å². The molecule has 1 aliphatic heterocycles. The summed E-state index contributed by atoms with van der Waals surface area (Å²) in [7, 11) is 3.07. The molecular weight excluding hydrogens is 460 g/mol. The van der Waals surface area contributed by atoms with Crippen molar-refractivity contribution in [2.24, 2.45) is 14.1 Å². The number of carbonyl (C=O) groups excluding carboxylic acids is 1. The van der Waals surface area contributed by atoms with E-state index in [1.165, 1.54) is 17.9 Å². The second kappa shape index (κ2) is 8.53. The van der Waals surface area contributed by atoms with Crippen LogP contribution in [0.5, 0.6) is 0 Å². The molecule has 5 rings (SSSR count). The smallest absolute Gasteiger partial charge is 0.332 e. The van der Waals surface area contributed by atoms with Gasteiger partial charge in [0.1, 0.15) is 0 Å². The predicted molar refractivity (Wildman–Crippen MR) is 128 cm³/mol. The molecule has 1 fully saturated rings. The number of nitrogens with zero attached hydrogens (tertiary/aromatic N) is 6. The zero-order chi connectivity index (χ0) is 24.0. The minimum absolute atomic E-state index is 0.157. The molecule has 0 N–H and O–H groups in total. The Hall–Kier alpha value is -3.79. The fourth-order valence-electron chi connectivity index (χ4n) is 4.26. The van der Waals surface area contributed by atoms with Crippen molar-refractivity contribution in [2.75, 3.05) is 31.1 Å². The molecule has 0 aliphatic carbocycles. The number of hydrogen-bond donors (Lipinski definition) is 0. The largest absolute Gasteiger partial charge is 0.459 e. The minimum atomic E-state index is -0.436. The van der Waals surface area contributed by atoms with E-state index >= 15 is 0 Å². The van der Waals surface area contributed by atoms with E-state index in [0.717, 1.165) is 10.1 Å². The Bertz CT molecular complexity index is 1480. The first-order valence-corrected chi connectivity index (χ1v) is 11.2. The van der Waals surface area contributed by atoms with Crippen LogP contribution in [-0.4, -0.2) is 55.7 Å². The van der Waals surface area contributed by atoms with Crippen molar-refractivity contribution >= 4 is 34.6 Å². The number of imidazole rings is 1. The SMILES string of the molecule is Cn1c(=O)c2c(nc(N3CCN(C(=O)c4ccco4)CC3)n2Cc2ccc(Cl)cc2)n(C)c1=O. The predicted octanol–water partition coefficient (Wildman–Crippen LogP) is 1.69. The number of aromatic nitrogens is 4. The van der Waals surface area contributed by atoms with E-state index in [1.54, 1.807) is 36.2 Å². The van der Waals surface area contributed by atoms with Crippen molar-refractivity contribution in [3.8, 4) is 0 Å². The third-order valence-corrected chi connectivity index (χ3v) is 6.42. The highest BCUT2D eigenvalue weighted by atomic mass is 35.5. The lowest BCUT2D eigenvalue weighted by molar-refractivity contribution is 0.0714. The Balaban J connectivity index is 1.54. The van der Waals surface area contributed by atoms with Gasteiger partial charge in [0.2, 0.25) is 5.95 Å². The van der Waals surface area contributed by atoms with Crippen molar-refractivity contribution in [1.29, 1.82) is 0 Å². The lowest BCUT2D eigenvalue weighted by Gasteiger charge is -2.35. The molecule has 1 amide bonds. The molecular formula is C23H23ClN6O4. The highest BCUT2D eigenvalue weighted by Crippen LogP contribution is 2.23. The Morgan fingerprint density at radius 1 is 1.03 bits per heavy atom. The van der Waals surface area contributed by atoms with E-state index in [0.29, 0.717) is 60.6 Å². The van der Waals surface area contributed by atoms with Crippen LogP contribution in [0.25, 0.3) is 11.2 Å². The first-order chi connectivity index (χ1) is 16.3. The first kappa shape index (κ1) is 22.0. The number of halogens is 1. The van der Waals surface area contributed by atoms with Gasteiger partial charge in [-0.25, -0.2) is 4.79 Å². The van der Waals surface area contributed by atoms with Crippen molar-refractivity contribution < 1.29 is 9.21 Å². The summed E-state index contributed by atoms with van der Waals surface area (Å²) in [6, 6.07) is 10.7. The maximum atomic E-state index is 13.1. The lowest BCUT2D eigenvalue weighted by Crippen LogP contribution is -2.49. The highest BCUT2D eigenvalue weighted by Gasteiger charge is 2.28. The van der Waals surface area contributed by atoms with E-state index in [-0.39, 0.29) is 5.91 Å². The fourth-order valence-corrected chi connectivity index (χ4v) is 4.39. The molecule has 0 atom stereocenters. The van der Waals surface area contributed by atoms with Crippen LogP contribution in [0.3, 0.4) is 0 Å². The van der Waals surface area contributed by atoms with Gasteiger partial charge < -0.3 is 14.2 Å². The first-order valence-electron chi connectivity index (χ1n) is 10.8. The van der Waals surface area contributed by atoms with Gasteiger partial charge in [0.15, 0.2) is 16.9 Å². The normalized spacial score (nSPS) is 14.2. The van der Waals surface area contributed by atoms with Crippen LogP contribution < -0.4 is 16.1 Å². The van der Waals surface area contributed by atoms with Crippen LogP contribution in [0, 0.1) is 0 Å². The molecule has 1 aromatic carbocycles. The molecule has 176 valence electrons. The van der Waals surface area contributed by atoms with Crippen LogP contribution in [0.1, 0.15) is 16.1 Å². The molecule has 1 aliphatic rings. The summed E-state index contributed by atoms with van der Waals surface area (Å²) < 4.78 is 9.55. The van der Waals surface area contributed by atoms with Gasteiger partial charge in [-0.1, -0.05) is 23.7 Å². The summed E-state index contributed by atoms with van der Waals surface area (Å²) in [4.78, 5) is 46.8. The number of fused-ring (bicyclic) bond motifs is 1. The van der Waals surface area contributed by atoms with Gasteiger partial charge in [0, 0.05) is 45.3 Å². The molecule has 1 saturated heterocycles. The monoisotopic (exact) mass is 482 g/mol. The summed E-state index contributed by atoms with van der Waals surface area (Å²) in [5.74, 6) is 0.728. The summed E-state index contributed by atoms with van der Waals surface area (Å²) in [6.07, 6.45) is 1.48. The summed E-state index contributed by atoms with van der Waals surface area (Å²) in [6.45, 7) is 2.36. The van der Waals surface area contributed by atoms with Crippen LogP contribution in [0.15, 0.2) is 56.7 Å². The van der Waals surface area contributed by atoms with Crippen LogP contribution in [-0.2, 0) is 20.6 Å². The maximum absolute atomic E-state index is 13.1. The third-order valence-electron chi connectivity index (χ3n) is 6.16. The Morgan fingerprint density at radius 3 is 2.38 bits per heavy atom. The molecule has 11 heteroatoms. The number of rotatable bonds is 4. The van der Waals surface area contributed by atoms with Gasteiger partial charge in [-0.15, -0.1) is 0 Å². The van der Waals surface area contributed by atoms with Gasteiger partial charge in [0.05, 0.1) is 12.8 Å². The quantitative estimate of drug-likeness (QED) is 0.439. The van der Waals surface area contributed by atoms with E-state index in [2.05, 4.69) is 0 Å². The van der Waals surface area contributed by atoms with Gasteiger partial charge in [-0.05, 0) is 29.8 Å². The number of hydrogen-bond acceptors (Lipinski definition) is 6. The van der Waals surface area contributed by atoms with Gasteiger partial charge in [-0.3, -0.25) is 23.3 Å². The molecule has 4 heterocycles. The molecule has 34 heavy (non-hydrogen) atoms. The second-order valence-electron chi connectivity index (χ2n) is 8.26. The number of piperazine rings is 1. The molecule has 0 unspecified atom stereocenters. The molecule has 3 aromatic heterocycles. The molecule has 0 radical (unpaired) electrons. The zero-order valence-electron chi connectivity index (χ0n) is 18.8. The standard InChI is InChI=1S/C23H23ClN6O4/c1-26-19-18(21(32)27(2)23(26)33)30(14-15-5-7-16(24)8-6-15)22(25-19)29-11-9-28(10-12-29)20(31)17-4-3-13-34-17/h3-8,13H,9-12,14H2,1-2H3. The molecule has 0 bridgehead atoms. The zero-order valence-corrected chi connectivity index (χ0v) is 19.5. The Morgan fingerprint density at radius 2 is 1.74 bits per heavy atom. The maximum Gasteiger partial charge on any atom is 0.332 e. The average molecular weight is 483 g/mol. The van der Waals surface area contributed by atoms with E-state index in [1.807, 2.05) is 21.6 Å². The number of amides is 1. The average Bonchev–Trinajstić information content (AvgIpc) is 3.51. The lowest BCUT2D eigenvalue weighted by atomic mass is 10.2. The van der Waals surface area contributed by atoms with Crippen molar-refractivity contribution in [3.63, 3.8) is 0 Å². The van der Waals surface area contributed by atoms with Crippen LogP contribution in [0.4, 0.5) is 5.95 Å². The Labute approximate surface area is 199 Å². The fraction of sp³-hybridized carbons (Fsp3) is 0.304. The van der Waals surface area contributed by atoms with Gasteiger partial charge in [-0.2, -0.15) is 4.98 Å². The third kappa shape index (κ3) is 3.69. The van der Waals surface area contributed by atoms with E-state index < -0.39 is 11.2 Å². The minimum Gasteiger partial charge on any atom is -0.459 e. The summed E-state index contributed by atoms with van der Waals surface area (Å²) in [5, 5.41) is 0.620.